The van der Waals surface area contributed by atoms with Crippen LogP contribution in [-0.2, 0) is 10.0 Å². The minimum Gasteiger partial charge on any atom is -0.324 e. The van der Waals surface area contributed by atoms with Crippen molar-refractivity contribution in [3.63, 3.8) is 0 Å². The van der Waals surface area contributed by atoms with Crippen LogP contribution in [0.25, 0.3) is 11.3 Å². The average molecular weight is 344 g/mol. The first-order valence-electron chi connectivity index (χ1n) is 6.91. The van der Waals surface area contributed by atoms with Crippen LogP contribution in [0.5, 0.6) is 0 Å². The lowest BCUT2D eigenvalue weighted by molar-refractivity contribution is 0.598. The zero-order valence-corrected chi connectivity index (χ0v) is 13.2. The molecular formula is C16H13FN4O2S. The number of aromatic nitrogens is 2. The lowest BCUT2D eigenvalue weighted by Gasteiger charge is -2.07. The molecule has 6 nitrogen and oxygen atoms in total. The van der Waals surface area contributed by atoms with Crippen molar-refractivity contribution < 1.29 is 12.8 Å². The molecule has 0 spiro atoms. The SMILES string of the molecule is NS(=O)(=O)c1ccc(Nc2nccc(-c3ccc(F)cc3)n2)cc1. The highest BCUT2D eigenvalue weighted by atomic mass is 32.2. The van der Waals surface area contributed by atoms with Gasteiger partial charge in [0, 0.05) is 17.4 Å². The zero-order valence-electron chi connectivity index (χ0n) is 12.3. The first-order valence-corrected chi connectivity index (χ1v) is 8.45. The number of nitrogens with zero attached hydrogens (tertiary/aromatic N) is 2. The third kappa shape index (κ3) is 3.73. The van der Waals surface area contributed by atoms with E-state index in [1.54, 1.807) is 36.5 Å². The molecule has 122 valence electrons. The summed E-state index contributed by atoms with van der Waals surface area (Å²) in [5.41, 5.74) is 2.00. The Hall–Kier alpha value is -2.84. The standard InChI is InChI=1S/C16H13FN4O2S/c17-12-3-1-11(2-4-12)15-9-10-19-16(21-15)20-13-5-7-14(8-6-13)24(18,22)23/h1-10H,(H2,18,22,23)(H,19,20,21). The predicted molar refractivity (Wildman–Crippen MR) is 88.5 cm³/mol. The topological polar surface area (TPSA) is 98.0 Å². The van der Waals surface area contributed by atoms with Crippen molar-refractivity contribution in [2.45, 2.75) is 4.90 Å². The summed E-state index contributed by atoms with van der Waals surface area (Å²) in [5.74, 6) is 0.0151. The number of primary sulfonamides is 1. The number of sulfonamides is 1. The van der Waals surface area contributed by atoms with Crippen LogP contribution in [-0.4, -0.2) is 18.4 Å². The summed E-state index contributed by atoms with van der Waals surface area (Å²) in [7, 11) is -3.73. The van der Waals surface area contributed by atoms with E-state index in [1.165, 1.54) is 24.3 Å². The van der Waals surface area contributed by atoms with Crippen molar-refractivity contribution >= 4 is 21.7 Å². The summed E-state index contributed by atoms with van der Waals surface area (Å²) < 4.78 is 35.5. The number of halogens is 1. The normalized spacial score (nSPS) is 11.2. The first-order chi connectivity index (χ1) is 11.4. The molecule has 0 atom stereocenters. The van der Waals surface area contributed by atoms with Crippen molar-refractivity contribution in [2.24, 2.45) is 5.14 Å². The van der Waals surface area contributed by atoms with Gasteiger partial charge in [-0.25, -0.2) is 27.9 Å². The minimum atomic E-state index is -3.73. The molecule has 0 aliphatic heterocycles. The molecule has 1 aromatic heterocycles. The molecule has 3 N–H and O–H groups in total. The van der Waals surface area contributed by atoms with Gasteiger partial charge < -0.3 is 5.32 Å². The number of hydrogen-bond acceptors (Lipinski definition) is 5. The van der Waals surface area contributed by atoms with Gasteiger partial charge in [-0.15, -0.1) is 0 Å². The highest BCUT2D eigenvalue weighted by Crippen LogP contribution is 2.20. The maximum Gasteiger partial charge on any atom is 0.238 e. The zero-order chi connectivity index (χ0) is 17.2. The summed E-state index contributed by atoms with van der Waals surface area (Å²) in [5, 5.41) is 8.03. The Morgan fingerprint density at radius 2 is 1.62 bits per heavy atom. The van der Waals surface area contributed by atoms with Crippen molar-refractivity contribution in [3.05, 3.63) is 66.6 Å². The third-order valence-electron chi connectivity index (χ3n) is 3.23. The minimum absolute atomic E-state index is 0.0223. The van der Waals surface area contributed by atoms with Crippen molar-refractivity contribution in [3.8, 4) is 11.3 Å². The summed E-state index contributed by atoms with van der Waals surface area (Å²) in [6.45, 7) is 0. The van der Waals surface area contributed by atoms with E-state index in [2.05, 4.69) is 15.3 Å². The van der Waals surface area contributed by atoms with Gasteiger partial charge in [-0.2, -0.15) is 0 Å². The average Bonchev–Trinajstić information content (AvgIpc) is 2.55. The molecule has 3 rings (SSSR count). The fourth-order valence-corrected chi connectivity index (χ4v) is 2.57. The van der Waals surface area contributed by atoms with Gasteiger partial charge in [-0.3, -0.25) is 0 Å². The Kier molecular flexibility index (Phi) is 4.24. The van der Waals surface area contributed by atoms with Crippen molar-refractivity contribution in [2.75, 3.05) is 5.32 Å². The number of rotatable bonds is 4. The molecule has 0 saturated heterocycles. The van der Waals surface area contributed by atoms with E-state index in [1.807, 2.05) is 0 Å². The molecule has 0 radical (unpaired) electrons. The van der Waals surface area contributed by atoms with E-state index in [0.717, 1.165) is 5.56 Å². The van der Waals surface area contributed by atoms with Crippen LogP contribution >= 0.6 is 0 Å². The summed E-state index contributed by atoms with van der Waals surface area (Å²) >= 11 is 0. The molecule has 0 saturated carbocycles. The fourth-order valence-electron chi connectivity index (χ4n) is 2.06. The molecule has 3 aromatic rings. The number of benzene rings is 2. The van der Waals surface area contributed by atoms with E-state index in [4.69, 9.17) is 5.14 Å². The second kappa shape index (κ2) is 6.34. The second-order valence-electron chi connectivity index (χ2n) is 4.97. The molecule has 0 bridgehead atoms. The molecule has 8 heteroatoms. The van der Waals surface area contributed by atoms with E-state index in [-0.39, 0.29) is 10.7 Å². The van der Waals surface area contributed by atoms with Crippen LogP contribution in [0.3, 0.4) is 0 Å². The molecule has 0 fully saturated rings. The predicted octanol–water partition coefficient (Wildman–Crippen LogP) is 2.67. The molecule has 0 amide bonds. The number of nitrogens with two attached hydrogens (primary N) is 1. The van der Waals surface area contributed by atoms with E-state index in [9.17, 15) is 12.8 Å². The molecular weight excluding hydrogens is 331 g/mol. The van der Waals surface area contributed by atoms with Crippen LogP contribution < -0.4 is 10.5 Å². The lowest BCUT2D eigenvalue weighted by Crippen LogP contribution is -2.11. The van der Waals surface area contributed by atoms with Crippen LogP contribution in [0.1, 0.15) is 0 Å². The fraction of sp³-hybridized carbons (Fsp3) is 0. The molecule has 1 heterocycles. The van der Waals surface area contributed by atoms with Crippen LogP contribution in [0, 0.1) is 5.82 Å². The summed E-state index contributed by atoms with van der Waals surface area (Å²) in [6, 6.07) is 13.6. The van der Waals surface area contributed by atoms with Gasteiger partial charge >= 0.3 is 0 Å². The second-order valence-corrected chi connectivity index (χ2v) is 6.53. The van der Waals surface area contributed by atoms with Crippen molar-refractivity contribution in [1.29, 1.82) is 0 Å². The molecule has 2 aromatic carbocycles. The van der Waals surface area contributed by atoms with Gasteiger partial charge in [0.05, 0.1) is 10.6 Å². The van der Waals surface area contributed by atoms with Crippen LogP contribution in [0.2, 0.25) is 0 Å². The number of hydrogen-bond donors (Lipinski definition) is 2. The number of nitrogens with one attached hydrogen (secondary N) is 1. The molecule has 0 aliphatic carbocycles. The quantitative estimate of drug-likeness (QED) is 0.758. The van der Waals surface area contributed by atoms with Gasteiger partial charge in [0.15, 0.2) is 0 Å². The van der Waals surface area contributed by atoms with Gasteiger partial charge in [-0.05, 0) is 54.6 Å². The van der Waals surface area contributed by atoms with E-state index >= 15 is 0 Å². The monoisotopic (exact) mass is 344 g/mol. The maximum atomic E-state index is 13.0. The van der Waals surface area contributed by atoms with Crippen LogP contribution in [0.4, 0.5) is 16.0 Å². The summed E-state index contributed by atoms with van der Waals surface area (Å²) in [6.07, 6.45) is 1.58. The van der Waals surface area contributed by atoms with Gasteiger partial charge in [0.25, 0.3) is 0 Å². The van der Waals surface area contributed by atoms with E-state index < -0.39 is 10.0 Å². The highest BCUT2D eigenvalue weighted by molar-refractivity contribution is 7.89. The van der Waals surface area contributed by atoms with Gasteiger partial charge in [-0.1, -0.05) is 0 Å². The third-order valence-corrected chi connectivity index (χ3v) is 4.16. The Morgan fingerprint density at radius 3 is 2.25 bits per heavy atom. The van der Waals surface area contributed by atoms with Gasteiger partial charge in [0.2, 0.25) is 16.0 Å². The van der Waals surface area contributed by atoms with E-state index in [0.29, 0.717) is 17.3 Å². The van der Waals surface area contributed by atoms with Crippen LogP contribution in [0.15, 0.2) is 65.7 Å². The summed E-state index contributed by atoms with van der Waals surface area (Å²) in [4.78, 5) is 8.48. The molecule has 0 unspecified atom stereocenters. The number of anilines is 2. The maximum absolute atomic E-state index is 13.0. The van der Waals surface area contributed by atoms with Crippen molar-refractivity contribution in [1.82, 2.24) is 9.97 Å². The molecule has 24 heavy (non-hydrogen) atoms. The Bertz CT molecular complexity index is 958. The lowest BCUT2D eigenvalue weighted by atomic mass is 10.1. The Morgan fingerprint density at radius 1 is 0.958 bits per heavy atom. The highest BCUT2D eigenvalue weighted by Gasteiger charge is 2.07. The van der Waals surface area contributed by atoms with Gasteiger partial charge in [0.1, 0.15) is 5.82 Å². The Balaban J connectivity index is 1.83. The Labute approximate surface area is 138 Å². The smallest absolute Gasteiger partial charge is 0.238 e. The molecule has 0 aliphatic rings. The largest absolute Gasteiger partial charge is 0.324 e. The first kappa shape index (κ1) is 16.0.